The molecule has 0 radical (unpaired) electrons. The summed E-state index contributed by atoms with van der Waals surface area (Å²) in [6.07, 6.45) is 0.898. The number of para-hydroxylation sites is 1. The molecule has 0 spiro atoms. The van der Waals surface area contributed by atoms with Gasteiger partial charge in [0.15, 0.2) is 0 Å². The van der Waals surface area contributed by atoms with E-state index >= 15 is 0 Å². The number of nitrogens with one attached hydrogen (secondary N) is 2. The minimum Gasteiger partial charge on any atom is -0.353 e. The van der Waals surface area contributed by atoms with Gasteiger partial charge in [0.2, 0.25) is 5.91 Å². The second kappa shape index (κ2) is 8.74. The monoisotopic (exact) mass is 368 g/mol. The predicted octanol–water partition coefficient (Wildman–Crippen LogP) is -0.232. The van der Waals surface area contributed by atoms with Gasteiger partial charge in [0.1, 0.15) is 21.4 Å². The number of hydrogen-bond acceptors (Lipinski definition) is 7. The Morgan fingerprint density at radius 1 is 1.36 bits per heavy atom. The molecule has 0 aromatic heterocycles. The molecule has 0 aliphatic rings. The summed E-state index contributed by atoms with van der Waals surface area (Å²) in [7, 11) is -3.63. The lowest BCUT2D eigenvalue weighted by Gasteiger charge is -2.17. The van der Waals surface area contributed by atoms with Crippen LogP contribution in [0.25, 0.3) is 0 Å². The molecule has 25 heavy (non-hydrogen) atoms. The molecule has 2 amide bonds. The summed E-state index contributed by atoms with van der Waals surface area (Å²) in [6, 6.07) is 5.45. The second-order valence-corrected chi connectivity index (χ2v) is 7.28. The molecule has 1 aromatic carbocycles. The first-order valence-corrected chi connectivity index (χ1v) is 9.08. The maximum absolute atomic E-state index is 12.3. The molecule has 10 nitrogen and oxygen atoms in total. The Labute approximate surface area is 143 Å². The Kier molecular flexibility index (Phi) is 7.01. The minimum atomic E-state index is -3.63. The van der Waals surface area contributed by atoms with Gasteiger partial charge in [-0.25, -0.2) is 8.42 Å². The topological polar surface area (TPSA) is 159 Å². The van der Waals surface area contributed by atoms with E-state index in [0.29, 0.717) is 0 Å². The number of hydrogen-bond donors (Lipinski definition) is 2. The van der Waals surface area contributed by atoms with Gasteiger partial charge in [-0.15, -0.1) is 0 Å². The summed E-state index contributed by atoms with van der Waals surface area (Å²) in [5, 5.41) is 23.9. The molecular formula is C14H16N4O6S. The van der Waals surface area contributed by atoms with Crippen molar-refractivity contribution in [3.05, 3.63) is 39.9 Å². The number of benzene rings is 1. The van der Waals surface area contributed by atoms with Crippen LogP contribution in [0.2, 0.25) is 0 Å². The zero-order valence-electron chi connectivity index (χ0n) is 13.3. The highest BCUT2D eigenvalue weighted by Gasteiger charge is 2.28. The van der Waals surface area contributed by atoms with Crippen molar-refractivity contribution in [1.82, 2.24) is 10.6 Å². The van der Waals surface area contributed by atoms with Crippen molar-refractivity contribution >= 4 is 27.3 Å². The highest BCUT2D eigenvalue weighted by atomic mass is 32.2. The fourth-order valence-corrected chi connectivity index (χ4v) is 2.75. The van der Waals surface area contributed by atoms with Crippen molar-refractivity contribution in [3.8, 4) is 6.07 Å². The number of rotatable bonds is 8. The van der Waals surface area contributed by atoms with Crippen LogP contribution in [0.3, 0.4) is 0 Å². The van der Waals surface area contributed by atoms with Crippen molar-refractivity contribution < 1.29 is 22.9 Å². The van der Waals surface area contributed by atoms with Crippen LogP contribution in [0.5, 0.6) is 0 Å². The van der Waals surface area contributed by atoms with Gasteiger partial charge in [-0.05, 0) is 6.07 Å². The Morgan fingerprint density at radius 2 is 2.00 bits per heavy atom. The summed E-state index contributed by atoms with van der Waals surface area (Å²) in [5.41, 5.74) is -0.765. The number of nitriles is 1. The Balaban J connectivity index is 3.01. The van der Waals surface area contributed by atoms with Crippen molar-refractivity contribution in [2.24, 2.45) is 0 Å². The molecule has 0 aliphatic carbocycles. The molecular weight excluding hydrogens is 352 g/mol. The molecule has 0 fully saturated rings. The van der Waals surface area contributed by atoms with Crippen LogP contribution in [0.1, 0.15) is 16.8 Å². The van der Waals surface area contributed by atoms with E-state index in [4.69, 9.17) is 5.26 Å². The third-order valence-corrected chi connectivity index (χ3v) is 3.91. The van der Waals surface area contributed by atoms with Gasteiger partial charge in [-0.2, -0.15) is 5.26 Å². The van der Waals surface area contributed by atoms with Gasteiger partial charge in [0, 0.05) is 18.9 Å². The first-order valence-electron chi connectivity index (χ1n) is 7.02. The van der Waals surface area contributed by atoms with E-state index < -0.39 is 44.1 Å². The quantitative estimate of drug-likeness (QED) is 0.364. The number of nitro benzene ring substituents is 1. The SMILES string of the molecule is CS(=O)(=O)CC(NC(=O)c1ccccc1[N+](=O)[O-])C(=O)NCCC#N. The summed E-state index contributed by atoms with van der Waals surface area (Å²) in [5.74, 6) is -2.43. The van der Waals surface area contributed by atoms with Gasteiger partial charge in [0.25, 0.3) is 11.6 Å². The molecule has 1 atom stereocenters. The first-order chi connectivity index (χ1) is 11.7. The molecule has 0 aliphatic heterocycles. The van der Waals surface area contributed by atoms with Gasteiger partial charge in [0.05, 0.1) is 23.2 Å². The van der Waals surface area contributed by atoms with Crippen molar-refractivity contribution in [2.45, 2.75) is 12.5 Å². The molecule has 11 heteroatoms. The second-order valence-electron chi connectivity index (χ2n) is 5.09. The zero-order chi connectivity index (χ0) is 19.0. The molecule has 1 unspecified atom stereocenters. The largest absolute Gasteiger partial charge is 0.353 e. The lowest BCUT2D eigenvalue weighted by molar-refractivity contribution is -0.385. The van der Waals surface area contributed by atoms with Crippen LogP contribution in [-0.2, 0) is 14.6 Å². The molecule has 0 heterocycles. The fourth-order valence-electron chi connectivity index (χ4n) is 1.91. The number of amides is 2. The molecule has 0 bridgehead atoms. The van der Waals surface area contributed by atoms with Crippen LogP contribution >= 0.6 is 0 Å². The highest BCUT2D eigenvalue weighted by molar-refractivity contribution is 7.90. The zero-order valence-corrected chi connectivity index (χ0v) is 14.1. The van der Waals surface area contributed by atoms with Crippen LogP contribution in [0.15, 0.2) is 24.3 Å². The predicted molar refractivity (Wildman–Crippen MR) is 87.3 cm³/mol. The lowest BCUT2D eigenvalue weighted by Crippen LogP contribution is -2.50. The normalized spacial score (nSPS) is 11.8. The highest BCUT2D eigenvalue weighted by Crippen LogP contribution is 2.17. The van der Waals surface area contributed by atoms with E-state index in [2.05, 4.69) is 10.6 Å². The van der Waals surface area contributed by atoms with Crippen LogP contribution in [-0.4, -0.2) is 49.8 Å². The minimum absolute atomic E-state index is 0.00936. The van der Waals surface area contributed by atoms with Crippen molar-refractivity contribution in [1.29, 1.82) is 5.26 Å². The van der Waals surface area contributed by atoms with Crippen LogP contribution in [0.4, 0.5) is 5.69 Å². The molecule has 134 valence electrons. The average Bonchev–Trinajstić information content (AvgIpc) is 2.53. The van der Waals surface area contributed by atoms with Crippen LogP contribution < -0.4 is 10.6 Å². The average molecular weight is 368 g/mol. The number of nitro groups is 1. The van der Waals surface area contributed by atoms with Gasteiger partial charge in [-0.3, -0.25) is 19.7 Å². The first kappa shape index (κ1) is 20.0. The summed E-state index contributed by atoms with van der Waals surface area (Å²) in [6.45, 7) is -0.0169. The number of sulfone groups is 1. The third kappa shape index (κ3) is 6.56. The number of carbonyl (C=O) groups is 2. The smallest absolute Gasteiger partial charge is 0.282 e. The summed E-state index contributed by atoms with van der Waals surface area (Å²) in [4.78, 5) is 34.5. The molecule has 1 rings (SSSR count). The van der Waals surface area contributed by atoms with E-state index in [0.717, 1.165) is 12.3 Å². The number of carbonyl (C=O) groups excluding carboxylic acids is 2. The summed E-state index contributed by atoms with van der Waals surface area (Å²) >= 11 is 0. The number of nitrogens with zero attached hydrogens (tertiary/aromatic N) is 2. The Morgan fingerprint density at radius 3 is 2.56 bits per heavy atom. The third-order valence-electron chi connectivity index (χ3n) is 2.97. The molecule has 0 saturated heterocycles. The molecule has 0 saturated carbocycles. The molecule has 1 aromatic rings. The van der Waals surface area contributed by atoms with E-state index in [1.807, 2.05) is 0 Å². The van der Waals surface area contributed by atoms with E-state index in [1.165, 1.54) is 18.2 Å². The van der Waals surface area contributed by atoms with Crippen molar-refractivity contribution in [2.75, 3.05) is 18.6 Å². The van der Waals surface area contributed by atoms with E-state index in [-0.39, 0.29) is 18.5 Å². The standard InChI is InChI=1S/C14H16N4O6S/c1-25(23,24)9-11(14(20)16-8-4-7-15)17-13(19)10-5-2-3-6-12(10)18(21)22/h2-3,5-6,11H,4,8-9H2,1H3,(H,16,20)(H,17,19). The van der Waals surface area contributed by atoms with E-state index in [1.54, 1.807) is 6.07 Å². The van der Waals surface area contributed by atoms with E-state index in [9.17, 15) is 28.1 Å². The van der Waals surface area contributed by atoms with Crippen LogP contribution in [0, 0.1) is 21.4 Å². The maximum Gasteiger partial charge on any atom is 0.282 e. The van der Waals surface area contributed by atoms with Gasteiger partial charge in [-0.1, -0.05) is 12.1 Å². The van der Waals surface area contributed by atoms with Gasteiger partial charge < -0.3 is 10.6 Å². The van der Waals surface area contributed by atoms with Crippen molar-refractivity contribution in [3.63, 3.8) is 0 Å². The molecule has 2 N–H and O–H groups in total. The Hall–Kier alpha value is -3.00. The summed E-state index contributed by atoms with van der Waals surface area (Å²) < 4.78 is 23.0. The van der Waals surface area contributed by atoms with Gasteiger partial charge >= 0.3 is 0 Å². The fraction of sp³-hybridized carbons (Fsp3) is 0.357. The lowest BCUT2D eigenvalue weighted by atomic mass is 10.1. The Bertz CT molecular complexity index is 815. The maximum atomic E-state index is 12.3.